The zero-order valence-corrected chi connectivity index (χ0v) is 27.0. The molecule has 1 aromatic rings. The molecular weight excluding hydrogens is 576 g/mol. The lowest BCUT2D eigenvalue weighted by Crippen LogP contribution is -2.57. The molecule has 0 spiro atoms. The van der Waals surface area contributed by atoms with Crippen LogP contribution >= 0.6 is 24.2 Å². The number of hydrogen-bond donors (Lipinski definition) is 2. The molecule has 1 aromatic carbocycles. The van der Waals surface area contributed by atoms with E-state index in [1.165, 1.54) is 41.5 Å². The van der Waals surface area contributed by atoms with Crippen LogP contribution in [-0.4, -0.2) is 89.4 Å². The molecule has 1 aliphatic carbocycles. The van der Waals surface area contributed by atoms with Crippen LogP contribution in [0.2, 0.25) is 0 Å². The zero-order chi connectivity index (χ0) is 29.2. The summed E-state index contributed by atoms with van der Waals surface area (Å²) in [6, 6.07) is 8.97. The van der Waals surface area contributed by atoms with E-state index in [2.05, 4.69) is 39.8 Å². The Kier molecular flexibility index (Phi) is 13.7. The molecule has 4 rings (SSSR count). The van der Waals surface area contributed by atoms with Crippen molar-refractivity contribution in [3.8, 4) is 0 Å². The molecule has 3 fully saturated rings. The van der Waals surface area contributed by atoms with Crippen molar-refractivity contribution in [2.75, 3.05) is 37.9 Å². The van der Waals surface area contributed by atoms with E-state index >= 15 is 0 Å². The number of piperidine rings is 1. The van der Waals surface area contributed by atoms with Gasteiger partial charge in [0.05, 0.1) is 12.5 Å². The van der Waals surface area contributed by atoms with Crippen molar-refractivity contribution in [1.29, 1.82) is 0 Å². The van der Waals surface area contributed by atoms with Crippen LogP contribution in [0.25, 0.3) is 0 Å². The standard InChI is InChI=1S/C31H48N4O5S.ClH/c1-31(2,3)40-30(38)35-22-41-21-27(35)29(37)33-26(20-39-19-24-12-8-5-9-13-24)28(36)32-25-14-16-34(17-15-25)18-23-10-6-4-7-11-23;/h4,6-7,10-11,24-27H,5,8-9,12-22H2,1-3H3,(H,32,36)(H,33,37);1H/t26-,27-;/m0./s1. The number of carbonyl (C=O) groups excluding carboxylic acids is 3. The molecule has 236 valence electrons. The Morgan fingerprint density at radius 1 is 1.02 bits per heavy atom. The molecule has 2 saturated heterocycles. The van der Waals surface area contributed by atoms with Crippen LogP contribution in [-0.2, 0) is 25.6 Å². The number of benzene rings is 1. The van der Waals surface area contributed by atoms with Crippen molar-refractivity contribution >= 4 is 42.1 Å². The van der Waals surface area contributed by atoms with Crippen molar-refractivity contribution in [2.24, 2.45) is 5.92 Å². The van der Waals surface area contributed by atoms with Crippen molar-refractivity contribution < 1.29 is 23.9 Å². The first kappa shape index (κ1) is 34.5. The average Bonchev–Trinajstić information content (AvgIpc) is 3.44. The number of ether oxygens (including phenoxy) is 2. The minimum absolute atomic E-state index is 0. The molecule has 0 unspecified atom stereocenters. The van der Waals surface area contributed by atoms with Gasteiger partial charge in [0.2, 0.25) is 11.8 Å². The number of nitrogens with one attached hydrogen (secondary N) is 2. The van der Waals surface area contributed by atoms with E-state index in [0.29, 0.717) is 24.2 Å². The topological polar surface area (TPSA) is 100 Å². The maximum absolute atomic E-state index is 13.5. The number of carbonyl (C=O) groups is 3. The Bertz CT molecular complexity index is 997. The summed E-state index contributed by atoms with van der Waals surface area (Å²) < 4.78 is 11.6. The molecule has 42 heavy (non-hydrogen) atoms. The number of amides is 3. The van der Waals surface area contributed by atoms with Gasteiger partial charge in [-0.3, -0.25) is 19.4 Å². The van der Waals surface area contributed by atoms with Crippen molar-refractivity contribution in [1.82, 2.24) is 20.4 Å². The predicted molar refractivity (Wildman–Crippen MR) is 169 cm³/mol. The smallest absolute Gasteiger partial charge is 0.411 e. The summed E-state index contributed by atoms with van der Waals surface area (Å²) in [6.45, 7) is 8.84. The molecule has 3 aliphatic rings. The average molecular weight is 625 g/mol. The Labute approximate surface area is 261 Å². The van der Waals surface area contributed by atoms with E-state index in [1.54, 1.807) is 20.8 Å². The maximum atomic E-state index is 13.5. The molecule has 11 heteroatoms. The molecule has 2 aliphatic heterocycles. The molecule has 3 amide bonds. The lowest BCUT2D eigenvalue weighted by Gasteiger charge is -2.33. The van der Waals surface area contributed by atoms with Gasteiger partial charge in [0.1, 0.15) is 17.7 Å². The Morgan fingerprint density at radius 3 is 2.38 bits per heavy atom. The van der Waals surface area contributed by atoms with E-state index in [9.17, 15) is 14.4 Å². The van der Waals surface area contributed by atoms with Crippen molar-refractivity contribution in [2.45, 2.75) is 96.0 Å². The Morgan fingerprint density at radius 2 is 1.71 bits per heavy atom. The van der Waals surface area contributed by atoms with Crippen LogP contribution in [0.1, 0.15) is 71.3 Å². The summed E-state index contributed by atoms with van der Waals surface area (Å²) in [7, 11) is 0. The summed E-state index contributed by atoms with van der Waals surface area (Å²) in [4.78, 5) is 43.5. The van der Waals surface area contributed by atoms with Gasteiger partial charge in [-0.2, -0.15) is 0 Å². The fraction of sp³-hybridized carbons (Fsp3) is 0.710. The Hall–Kier alpha value is -2.01. The fourth-order valence-electron chi connectivity index (χ4n) is 5.70. The second kappa shape index (κ2) is 16.7. The monoisotopic (exact) mass is 624 g/mol. The zero-order valence-electron chi connectivity index (χ0n) is 25.3. The normalized spacial score (nSPS) is 21.3. The van der Waals surface area contributed by atoms with E-state index < -0.39 is 23.8 Å². The van der Waals surface area contributed by atoms with Gasteiger partial charge in [-0.25, -0.2) is 4.79 Å². The molecule has 9 nitrogen and oxygen atoms in total. The first-order valence-corrected chi connectivity index (χ1v) is 16.4. The third-order valence-electron chi connectivity index (χ3n) is 7.99. The highest BCUT2D eigenvalue weighted by Crippen LogP contribution is 2.25. The maximum Gasteiger partial charge on any atom is 0.411 e. The van der Waals surface area contributed by atoms with Crippen LogP contribution < -0.4 is 10.6 Å². The van der Waals surface area contributed by atoms with E-state index in [1.807, 2.05) is 6.07 Å². The van der Waals surface area contributed by atoms with Crippen molar-refractivity contribution in [3.63, 3.8) is 0 Å². The number of likely N-dealkylation sites (tertiary alicyclic amines) is 1. The third kappa shape index (κ3) is 10.9. The Balaban J connectivity index is 0.00000484. The molecule has 0 aromatic heterocycles. The molecule has 2 heterocycles. The lowest BCUT2D eigenvalue weighted by molar-refractivity contribution is -0.133. The van der Waals surface area contributed by atoms with Crippen LogP contribution in [0.15, 0.2) is 30.3 Å². The van der Waals surface area contributed by atoms with E-state index in [-0.39, 0.29) is 36.9 Å². The highest BCUT2D eigenvalue weighted by Gasteiger charge is 2.39. The van der Waals surface area contributed by atoms with Crippen LogP contribution in [0, 0.1) is 5.92 Å². The van der Waals surface area contributed by atoms with Gasteiger partial charge in [0.15, 0.2) is 0 Å². The first-order valence-electron chi connectivity index (χ1n) is 15.2. The quantitative estimate of drug-likeness (QED) is 0.393. The second-order valence-corrected chi connectivity index (χ2v) is 13.6. The number of hydrogen-bond acceptors (Lipinski definition) is 7. The second-order valence-electron chi connectivity index (χ2n) is 12.6. The highest BCUT2D eigenvalue weighted by molar-refractivity contribution is 7.99. The number of nitrogens with zero attached hydrogens (tertiary/aromatic N) is 2. The van der Waals surface area contributed by atoms with Crippen LogP contribution in [0.4, 0.5) is 4.79 Å². The number of halogens is 1. The fourth-order valence-corrected chi connectivity index (χ4v) is 6.84. The molecule has 0 radical (unpaired) electrons. The van der Waals surface area contributed by atoms with E-state index in [4.69, 9.17) is 9.47 Å². The van der Waals surface area contributed by atoms with Crippen LogP contribution in [0.3, 0.4) is 0 Å². The summed E-state index contributed by atoms with van der Waals surface area (Å²) >= 11 is 1.50. The van der Waals surface area contributed by atoms with E-state index in [0.717, 1.165) is 45.3 Å². The molecule has 1 saturated carbocycles. The van der Waals surface area contributed by atoms with Gasteiger partial charge in [0, 0.05) is 38.0 Å². The predicted octanol–water partition coefficient (Wildman–Crippen LogP) is 4.58. The highest BCUT2D eigenvalue weighted by atomic mass is 35.5. The van der Waals surface area contributed by atoms with Gasteiger partial charge in [-0.05, 0) is 57.9 Å². The molecular formula is C31H49ClN4O5S. The van der Waals surface area contributed by atoms with Gasteiger partial charge in [-0.1, -0.05) is 49.6 Å². The molecule has 0 bridgehead atoms. The van der Waals surface area contributed by atoms with Gasteiger partial charge < -0.3 is 20.1 Å². The SMILES string of the molecule is CC(C)(C)OC(=O)N1CSC[C@H]1C(=O)N[C@@H](COCC1CCCCC1)C(=O)NC1CCN(Cc2ccccc2)CC1.Cl. The molecule has 2 N–H and O–H groups in total. The molecule has 2 atom stereocenters. The number of rotatable bonds is 10. The van der Waals surface area contributed by atoms with Crippen molar-refractivity contribution in [3.05, 3.63) is 35.9 Å². The van der Waals surface area contributed by atoms with Gasteiger partial charge in [-0.15, -0.1) is 24.2 Å². The number of thioether (sulfide) groups is 1. The lowest BCUT2D eigenvalue weighted by atomic mass is 9.90. The summed E-state index contributed by atoms with van der Waals surface area (Å²) in [5.41, 5.74) is 0.635. The van der Waals surface area contributed by atoms with Gasteiger partial charge in [0.25, 0.3) is 0 Å². The third-order valence-corrected chi connectivity index (χ3v) is 9.00. The minimum Gasteiger partial charge on any atom is -0.444 e. The largest absolute Gasteiger partial charge is 0.444 e. The summed E-state index contributed by atoms with van der Waals surface area (Å²) in [5, 5.41) is 6.11. The van der Waals surface area contributed by atoms with Gasteiger partial charge >= 0.3 is 6.09 Å². The first-order chi connectivity index (χ1) is 19.7. The van der Waals surface area contributed by atoms with Crippen LogP contribution in [0.5, 0.6) is 0 Å². The summed E-state index contributed by atoms with van der Waals surface area (Å²) in [5.74, 6) is 0.773. The minimum atomic E-state index is -0.820. The summed E-state index contributed by atoms with van der Waals surface area (Å²) in [6.07, 6.45) is 7.20.